The second-order valence-electron chi connectivity index (χ2n) is 7.86. The Morgan fingerprint density at radius 2 is 1.91 bits per heavy atom. The molecule has 1 saturated carbocycles. The number of nitrogens with zero attached hydrogens (tertiary/aromatic N) is 3. The number of likely N-dealkylation sites (tertiary alicyclic amines) is 1. The molecule has 1 aliphatic heterocycles. The molecule has 1 aromatic heterocycles. The van der Waals surface area contributed by atoms with Gasteiger partial charge in [0.05, 0.1) is 5.60 Å². The molecule has 130 valence electrons. The smallest absolute Gasteiger partial charge is 0.137 e. The second kappa shape index (κ2) is 6.91. The molecular formula is C18H31N3O2. The molecule has 2 aliphatic rings. The Balaban J connectivity index is 1.50. The summed E-state index contributed by atoms with van der Waals surface area (Å²) in [6.07, 6.45) is 9.25. The lowest BCUT2D eigenvalue weighted by molar-refractivity contribution is -0.0463. The van der Waals surface area contributed by atoms with E-state index in [-0.39, 0.29) is 5.92 Å². The van der Waals surface area contributed by atoms with Gasteiger partial charge in [0.1, 0.15) is 11.9 Å². The summed E-state index contributed by atoms with van der Waals surface area (Å²) in [5.41, 5.74) is -0.488. The van der Waals surface area contributed by atoms with Crippen molar-refractivity contribution in [2.24, 2.45) is 18.9 Å². The molecular weight excluding hydrogens is 290 g/mol. The van der Waals surface area contributed by atoms with Crippen molar-refractivity contribution in [3.05, 3.63) is 18.2 Å². The maximum Gasteiger partial charge on any atom is 0.137 e. The normalized spacial score (nSPS) is 32.1. The van der Waals surface area contributed by atoms with Crippen LogP contribution < -0.4 is 0 Å². The van der Waals surface area contributed by atoms with E-state index in [1.807, 2.05) is 17.8 Å². The average molecular weight is 321 g/mol. The van der Waals surface area contributed by atoms with E-state index < -0.39 is 11.7 Å². The van der Waals surface area contributed by atoms with Crippen LogP contribution in [0.3, 0.4) is 0 Å². The third-order valence-corrected chi connectivity index (χ3v) is 5.92. The van der Waals surface area contributed by atoms with Gasteiger partial charge in [-0.1, -0.05) is 6.92 Å². The van der Waals surface area contributed by atoms with Crippen LogP contribution in [0.4, 0.5) is 0 Å². The highest BCUT2D eigenvalue weighted by Crippen LogP contribution is 2.34. The molecule has 5 heteroatoms. The van der Waals surface area contributed by atoms with Gasteiger partial charge in [-0.25, -0.2) is 4.98 Å². The van der Waals surface area contributed by atoms with Gasteiger partial charge in [-0.2, -0.15) is 0 Å². The van der Waals surface area contributed by atoms with E-state index in [2.05, 4.69) is 16.8 Å². The van der Waals surface area contributed by atoms with Crippen LogP contribution in [0, 0.1) is 11.8 Å². The van der Waals surface area contributed by atoms with Crippen molar-refractivity contribution in [2.45, 2.75) is 57.2 Å². The van der Waals surface area contributed by atoms with Gasteiger partial charge in [0.25, 0.3) is 0 Å². The van der Waals surface area contributed by atoms with Gasteiger partial charge < -0.3 is 19.7 Å². The van der Waals surface area contributed by atoms with Crippen molar-refractivity contribution in [1.29, 1.82) is 0 Å². The minimum Gasteiger partial charge on any atom is -0.389 e. The molecule has 1 atom stereocenters. The molecule has 0 amide bonds. The van der Waals surface area contributed by atoms with E-state index in [0.29, 0.717) is 0 Å². The molecule has 3 rings (SSSR count). The fourth-order valence-corrected chi connectivity index (χ4v) is 4.17. The number of imidazole rings is 1. The molecule has 5 nitrogen and oxygen atoms in total. The summed E-state index contributed by atoms with van der Waals surface area (Å²) in [5, 5.41) is 21.3. The molecule has 0 radical (unpaired) electrons. The minimum atomic E-state index is -0.488. The number of aryl methyl sites for hydroxylation is 1. The molecule has 0 unspecified atom stereocenters. The lowest BCUT2D eigenvalue weighted by Crippen LogP contribution is -2.48. The summed E-state index contributed by atoms with van der Waals surface area (Å²) in [4.78, 5) is 6.67. The molecule has 0 bridgehead atoms. The first kappa shape index (κ1) is 16.9. The van der Waals surface area contributed by atoms with Crippen molar-refractivity contribution in [3.8, 4) is 0 Å². The van der Waals surface area contributed by atoms with E-state index in [9.17, 15) is 10.2 Å². The fraction of sp³-hybridized carbons (Fsp3) is 0.833. The van der Waals surface area contributed by atoms with Crippen LogP contribution in [0.2, 0.25) is 0 Å². The van der Waals surface area contributed by atoms with Gasteiger partial charge in [-0.15, -0.1) is 0 Å². The molecule has 23 heavy (non-hydrogen) atoms. The van der Waals surface area contributed by atoms with Crippen molar-refractivity contribution in [2.75, 3.05) is 19.6 Å². The first-order valence-electron chi connectivity index (χ1n) is 9.07. The van der Waals surface area contributed by atoms with Gasteiger partial charge in [0, 0.05) is 26.0 Å². The first-order chi connectivity index (χ1) is 11.0. The monoisotopic (exact) mass is 321 g/mol. The van der Waals surface area contributed by atoms with E-state index in [0.717, 1.165) is 69.9 Å². The van der Waals surface area contributed by atoms with Crippen LogP contribution in [0.1, 0.15) is 57.4 Å². The molecule has 2 fully saturated rings. The third-order valence-electron chi connectivity index (χ3n) is 5.92. The number of aliphatic hydroxyl groups is 2. The van der Waals surface area contributed by atoms with Crippen molar-refractivity contribution in [3.63, 3.8) is 0 Å². The Morgan fingerprint density at radius 3 is 2.48 bits per heavy atom. The number of rotatable bonds is 4. The number of hydrogen-bond acceptors (Lipinski definition) is 4. The largest absolute Gasteiger partial charge is 0.389 e. The van der Waals surface area contributed by atoms with Gasteiger partial charge in [-0.3, -0.25) is 0 Å². The predicted octanol–water partition coefficient (Wildman–Crippen LogP) is 2.11. The highest BCUT2D eigenvalue weighted by molar-refractivity contribution is 4.99. The Hall–Kier alpha value is -0.910. The van der Waals surface area contributed by atoms with Crippen LogP contribution in [0.15, 0.2) is 12.4 Å². The quantitative estimate of drug-likeness (QED) is 0.891. The molecule has 2 N–H and O–H groups in total. The van der Waals surface area contributed by atoms with Crippen LogP contribution in [-0.4, -0.2) is 49.9 Å². The average Bonchev–Trinajstić information content (AvgIpc) is 2.97. The van der Waals surface area contributed by atoms with Gasteiger partial charge in [0.2, 0.25) is 0 Å². The number of piperidine rings is 1. The lowest BCUT2D eigenvalue weighted by Gasteiger charge is -2.41. The number of hydrogen-bond donors (Lipinski definition) is 2. The fourth-order valence-electron chi connectivity index (χ4n) is 4.17. The number of β-amino-alcohol motifs (C(OH)–C–C–N with tert-alkyl or cyclic N) is 1. The first-order valence-corrected chi connectivity index (χ1v) is 9.07. The van der Waals surface area contributed by atoms with Crippen LogP contribution in [0.25, 0.3) is 0 Å². The molecule has 2 heterocycles. The molecule has 1 saturated heterocycles. The summed E-state index contributed by atoms with van der Waals surface area (Å²) in [6, 6.07) is 0. The number of aliphatic hydroxyl groups excluding tert-OH is 1. The molecule has 1 aliphatic carbocycles. The highest BCUT2D eigenvalue weighted by atomic mass is 16.3. The van der Waals surface area contributed by atoms with E-state index in [4.69, 9.17) is 0 Å². The summed E-state index contributed by atoms with van der Waals surface area (Å²) in [5.74, 6) is 1.80. The van der Waals surface area contributed by atoms with Crippen molar-refractivity contribution >= 4 is 0 Å². The Labute approximate surface area is 139 Å². The van der Waals surface area contributed by atoms with Gasteiger partial charge in [-0.05, 0) is 63.5 Å². The van der Waals surface area contributed by atoms with E-state index >= 15 is 0 Å². The Bertz CT molecular complexity index is 500. The number of aromatic nitrogens is 2. The third kappa shape index (κ3) is 3.95. The van der Waals surface area contributed by atoms with Crippen molar-refractivity contribution in [1.82, 2.24) is 14.5 Å². The summed E-state index contributed by atoms with van der Waals surface area (Å²) < 4.78 is 1.91. The summed E-state index contributed by atoms with van der Waals surface area (Å²) in [6.45, 7) is 5.00. The topological polar surface area (TPSA) is 61.5 Å². The maximum atomic E-state index is 10.8. The second-order valence-corrected chi connectivity index (χ2v) is 7.86. The van der Waals surface area contributed by atoms with Crippen molar-refractivity contribution < 1.29 is 10.2 Å². The van der Waals surface area contributed by atoms with Gasteiger partial charge >= 0.3 is 0 Å². The summed E-state index contributed by atoms with van der Waals surface area (Å²) in [7, 11) is 1.93. The van der Waals surface area contributed by atoms with E-state index in [1.165, 1.54) is 0 Å². The zero-order chi connectivity index (χ0) is 16.4. The summed E-state index contributed by atoms with van der Waals surface area (Å²) >= 11 is 0. The maximum absolute atomic E-state index is 10.8. The highest BCUT2D eigenvalue weighted by Gasteiger charge is 2.35. The zero-order valence-corrected chi connectivity index (χ0v) is 14.5. The lowest BCUT2D eigenvalue weighted by atomic mass is 9.79. The molecule has 0 aromatic carbocycles. The Morgan fingerprint density at radius 1 is 1.26 bits per heavy atom. The van der Waals surface area contributed by atoms with Crippen LogP contribution in [-0.2, 0) is 7.05 Å². The SMILES string of the molecule is CC1CCC(O)(CN2CCC([C@H](O)c3nccn3C)CC2)CC1. The van der Waals surface area contributed by atoms with Crippen LogP contribution in [0.5, 0.6) is 0 Å². The zero-order valence-electron chi connectivity index (χ0n) is 14.5. The molecule has 0 spiro atoms. The van der Waals surface area contributed by atoms with E-state index in [1.54, 1.807) is 6.20 Å². The molecule has 1 aromatic rings. The Kier molecular flexibility index (Phi) is 5.09. The van der Waals surface area contributed by atoms with Gasteiger partial charge in [0.15, 0.2) is 0 Å². The predicted molar refractivity (Wildman–Crippen MR) is 89.9 cm³/mol. The van der Waals surface area contributed by atoms with Crippen LogP contribution >= 0.6 is 0 Å². The standard InChI is InChI=1S/C18H31N3O2/c1-14-3-7-18(23,8-4-14)13-21-10-5-15(6-11-21)16(22)17-19-9-12-20(17)2/h9,12,14-16,22-23H,3-8,10-11,13H2,1-2H3/t14?,16-,18?/m0/s1. The minimum absolute atomic E-state index is 0.272.